The van der Waals surface area contributed by atoms with Crippen molar-refractivity contribution in [2.45, 2.75) is 0 Å². The summed E-state index contributed by atoms with van der Waals surface area (Å²) in [6.07, 6.45) is 0.250. The molecule has 0 aromatic heterocycles. The minimum atomic E-state index is 0. The fourth-order valence-electron chi connectivity index (χ4n) is 0. The van der Waals surface area contributed by atoms with Crippen LogP contribution in [-0.4, -0.2) is 49.4 Å². The van der Waals surface area contributed by atoms with Gasteiger partial charge in [-0.15, -0.1) is 0 Å². The Hall–Kier alpha value is 0.600. The summed E-state index contributed by atoms with van der Waals surface area (Å²) in [4.78, 5) is 16.2. The van der Waals surface area contributed by atoms with Gasteiger partial charge in [-0.1, -0.05) is 0 Å². The SMILES string of the molecule is O.O=C=O.[Ca+2].[H-].[H-]. The van der Waals surface area contributed by atoms with E-state index in [-0.39, 0.29) is 52.2 Å². The summed E-state index contributed by atoms with van der Waals surface area (Å²) in [6, 6.07) is 0. The van der Waals surface area contributed by atoms with Gasteiger partial charge in [0.1, 0.15) is 0 Å². The van der Waals surface area contributed by atoms with Crippen LogP contribution in [0.25, 0.3) is 0 Å². The Balaban J connectivity index is -0.00000000333. The van der Waals surface area contributed by atoms with Crippen molar-refractivity contribution in [3.63, 3.8) is 0 Å². The average Bonchev–Trinajstić information content (AvgIpc) is 0.918. The van der Waals surface area contributed by atoms with Gasteiger partial charge in [0, 0.05) is 0 Å². The molecule has 0 aliphatic rings. The molecule has 0 amide bonds. The molecule has 0 aliphatic heterocycles. The molecule has 0 saturated carbocycles. The zero-order valence-electron chi connectivity index (χ0n) is 4.52. The van der Waals surface area contributed by atoms with Gasteiger partial charge in [0.05, 0.1) is 0 Å². The quantitative estimate of drug-likeness (QED) is 0.349. The van der Waals surface area contributed by atoms with Crippen LogP contribution in [0.1, 0.15) is 2.85 Å². The molecule has 3 nitrogen and oxygen atoms in total. The first kappa shape index (κ1) is 17.5. The molecule has 0 aliphatic carbocycles. The zero-order chi connectivity index (χ0) is 2.71. The molecule has 0 radical (unpaired) electrons. The van der Waals surface area contributed by atoms with E-state index >= 15 is 0 Å². The Bertz CT molecular complexity index is 33.9. The third-order valence-corrected chi connectivity index (χ3v) is 0. The van der Waals surface area contributed by atoms with E-state index in [1.54, 1.807) is 0 Å². The van der Waals surface area contributed by atoms with E-state index in [0.29, 0.717) is 0 Å². The van der Waals surface area contributed by atoms with E-state index in [0.717, 1.165) is 0 Å². The molecule has 0 fully saturated rings. The van der Waals surface area contributed by atoms with Crippen LogP contribution in [0.5, 0.6) is 0 Å². The van der Waals surface area contributed by atoms with E-state index in [2.05, 4.69) is 0 Å². The van der Waals surface area contributed by atoms with Gasteiger partial charge < -0.3 is 8.33 Å². The van der Waals surface area contributed by atoms with E-state index in [1.165, 1.54) is 0 Å². The summed E-state index contributed by atoms with van der Waals surface area (Å²) in [5, 5.41) is 0. The maximum atomic E-state index is 8.12. The number of hydrogen-bond donors (Lipinski definition) is 0. The fraction of sp³-hybridized carbons (Fsp3) is 0. The molecule has 0 aromatic rings. The second-order valence-electron chi connectivity index (χ2n) is 0.0833. The minimum absolute atomic E-state index is 0. The predicted octanol–water partition coefficient (Wildman–Crippen LogP) is -1.56. The largest absolute Gasteiger partial charge is 2.00 e. The van der Waals surface area contributed by atoms with Crippen molar-refractivity contribution in [1.29, 1.82) is 0 Å². The Kier molecular flexibility index (Phi) is 81.7. The van der Waals surface area contributed by atoms with E-state index < -0.39 is 0 Å². The van der Waals surface area contributed by atoms with Gasteiger partial charge >= 0.3 is 43.9 Å². The Labute approximate surface area is 61.6 Å². The molecule has 5 heavy (non-hydrogen) atoms. The first-order valence-electron chi connectivity index (χ1n) is 0.408. The standard InChI is InChI=1S/CO2.Ca.H2O.2H/c2-1-3;;;;/h;;1H2;;/q;+2;;2*-1. The Morgan fingerprint density at radius 2 is 1.40 bits per heavy atom. The Morgan fingerprint density at radius 3 is 1.40 bits per heavy atom. The van der Waals surface area contributed by atoms with Crippen LogP contribution >= 0.6 is 0 Å². The topological polar surface area (TPSA) is 65.6 Å². The van der Waals surface area contributed by atoms with E-state index in [4.69, 9.17) is 9.59 Å². The predicted molar refractivity (Wildman–Crippen MR) is 16.6 cm³/mol. The third-order valence-electron chi connectivity index (χ3n) is 0. The van der Waals surface area contributed by atoms with Gasteiger partial charge in [0.15, 0.2) is 0 Å². The number of rotatable bonds is 0. The van der Waals surface area contributed by atoms with Gasteiger partial charge in [-0.2, -0.15) is 9.59 Å². The smallest absolute Gasteiger partial charge is 1.00 e. The average molecular weight is 104 g/mol. The monoisotopic (exact) mass is 104 g/mol. The van der Waals surface area contributed by atoms with Gasteiger partial charge in [0.2, 0.25) is 0 Å². The summed E-state index contributed by atoms with van der Waals surface area (Å²) in [7, 11) is 0. The van der Waals surface area contributed by atoms with Crippen molar-refractivity contribution in [3.8, 4) is 0 Å². The molecule has 28 valence electrons. The zero-order valence-corrected chi connectivity index (χ0v) is 4.73. The van der Waals surface area contributed by atoms with E-state index in [1.807, 2.05) is 0 Å². The molecule has 0 saturated heterocycles. The Morgan fingerprint density at radius 1 is 1.40 bits per heavy atom. The summed E-state index contributed by atoms with van der Waals surface area (Å²) in [6.45, 7) is 0. The second-order valence-corrected chi connectivity index (χ2v) is 0.0833. The van der Waals surface area contributed by atoms with Crippen LogP contribution in [0.15, 0.2) is 0 Å². The van der Waals surface area contributed by atoms with Gasteiger partial charge in [-0.05, 0) is 0 Å². The van der Waals surface area contributed by atoms with E-state index in [9.17, 15) is 0 Å². The third kappa shape index (κ3) is 86.4. The molecule has 0 atom stereocenters. The summed E-state index contributed by atoms with van der Waals surface area (Å²) >= 11 is 0. The van der Waals surface area contributed by atoms with Crippen LogP contribution in [0.3, 0.4) is 0 Å². The van der Waals surface area contributed by atoms with Gasteiger partial charge in [-0.25, -0.2) is 0 Å². The van der Waals surface area contributed by atoms with Crippen LogP contribution in [-0.2, 0) is 9.59 Å². The second kappa shape index (κ2) is 23.3. The van der Waals surface area contributed by atoms with Crippen molar-refractivity contribution in [1.82, 2.24) is 0 Å². The van der Waals surface area contributed by atoms with Crippen molar-refractivity contribution in [3.05, 3.63) is 0 Å². The van der Waals surface area contributed by atoms with Crippen LogP contribution < -0.4 is 0 Å². The molecule has 0 bridgehead atoms. The summed E-state index contributed by atoms with van der Waals surface area (Å²) < 4.78 is 0. The summed E-state index contributed by atoms with van der Waals surface area (Å²) in [5.41, 5.74) is 0. The molecule has 4 heteroatoms. The fourth-order valence-corrected chi connectivity index (χ4v) is 0. The molecule has 0 rings (SSSR count). The van der Waals surface area contributed by atoms with Crippen molar-refractivity contribution in [2.24, 2.45) is 0 Å². The first-order valence-corrected chi connectivity index (χ1v) is 0.408. The molecule has 2 N–H and O–H groups in total. The number of carbonyl (C=O) groups excluding carboxylic acids is 2. The van der Waals surface area contributed by atoms with Gasteiger partial charge in [0.25, 0.3) is 0 Å². The molecular formula is CH4CaO3. The molecule has 0 spiro atoms. The van der Waals surface area contributed by atoms with Crippen molar-refractivity contribution < 1.29 is 17.9 Å². The molecule has 0 aromatic carbocycles. The molecule has 0 heterocycles. The maximum Gasteiger partial charge on any atom is 2.00 e. The van der Waals surface area contributed by atoms with Crippen LogP contribution in [0.4, 0.5) is 0 Å². The molecule has 0 unspecified atom stereocenters. The van der Waals surface area contributed by atoms with Crippen molar-refractivity contribution in [2.75, 3.05) is 0 Å². The molecular weight excluding hydrogens is 100 g/mol. The maximum absolute atomic E-state index is 8.12. The normalized spacial score (nSPS) is 1.60. The van der Waals surface area contributed by atoms with Crippen LogP contribution in [0, 0.1) is 0 Å². The number of hydrogen-bond acceptors (Lipinski definition) is 2. The van der Waals surface area contributed by atoms with Crippen molar-refractivity contribution >= 4 is 43.9 Å². The van der Waals surface area contributed by atoms with Gasteiger partial charge in [-0.3, -0.25) is 0 Å². The first-order chi connectivity index (χ1) is 1.41. The van der Waals surface area contributed by atoms with Crippen LogP contribution in [0.2, 0.25) is 0 Å². The minimum Gasteiger partial charge on any atom is -1.00 e. The summed E-state index contributed by atoms with van der Waals surface area (Å²) in [5.74, 6) is 0.